The van der Waals surface area contributed by atoms with Gasteiger partial charge in [0.2, 0.25) is 0 Å². The van der Waals surface area contributed by atoms with Gasteiger partial charge in [0.15, 0.2) is 35.5 Å². The number of nitrogens with zero attached hydrogens (tertiary/aromatic N) is 5. The number of thiazole rings is 1. The number of carboxylic acids is 1. The van der Waals surface area contributed by atoms with E-state index in [1.165, 1.54) is 30.4 Å². The number of hydrogen-bond donors (Lipinski definition) is 2. The van der Waals surface area contributed by atoms with E-state index in [4.69, 9.17) is 15.1 Å². The molecule has 2 aliphatic rings. The van der Waals surface area contributed by atoms with E-state index < -0.39 is 29.2 Å². The van der Waals surface area contributed by atoms with E-state index in [1.54, 1.807) is 29.1 Å². The molecular formula is C22H19N7O6S2. The molecule has 0 bridgehead atoms. The molecule has 5 heterocycles. The van der Waals surface area contributed by atoms with Gasteiger partial charge >= 0.3 is 0 Å². The first-order chi connectivity index (χ1) is 17.9. The fourth-order valence-electron chi connectivity index (χ4n) is 4.05. The molecule has 0 saturated carbocycles. The first-order valence-corrected chi connectivity index (χ1v) is 12.7. The van der Waals surface area contributed by atoms with Crippen molar-refractivity contribution in [2.75, 3.05) is 18.6 Å². The number of oxime groups is 1. The topological polar surface area (TPSA) is 180 Å². The number of nitrogen functional groups attached to an aromatic ring is 1. The van der Waals surface area contributed by atoms with E-state index in [1.807, 2.05) is 6.07 Å². The van der Waals surface area contributed by atoms with Crippen molar-refractivity contribution in [3.05, 3.63) is 59.1 Å². The van der Waals surface area contributed by atoms with Crippen molar-refractivity contribution in [1.29, 1.82) is 0 Å². The molecule has 0 aliphatic carbocycles. The quantitative estimate of drug-likeness (QED) is 0.157. The molecule has 1 fully saturated rings. The van der Waals surface area contributed by atoms with Gasteiger partial charge in [0.25, 0.3) is 11.8 Å². The van der Waals surface area contributed by atoms with Gasteiger partial charge in [-0.3, -0.25) is 14.5 Å². The Labute approximate surface area is 217 Å². The fraction of sp³-hybridized carbons (Fsp3) is 0.227. The van der Waals surface area contributed by atoms with Crippen molar-refractivity contribution in [3.63, 3.8) is 0 Å². The molecule has 5 rings (SSSR count). The number of aliphatic carboxylic acids is 1. The minimum absolute atomic E-state index is 0.151. The second-order valence-electron chi connectivity index (χ2n) is 7.94. The third-order valence-corrected chi connectivity index (χ3v) is 7.66. The molecule has 0 unspecified atom stereocenters. The van der Waals surface area contributed by atoms with E-state index in [-0.39, 0.29) is 28.8 Å². The number of anilines is 1. The minimum Gasteiger partial charge on any atom is -0.543 e. The van der Waals surface area contributed by atoms with Crippen LogP contribution in [0.15, 0.2) is 63.1 Å². The Bertz CT molecular complexity index is 1430. The summed E-state index contributed by atoms with van der Waals surface area (Å²) >= 11 is 2.46. The summed E-state index contributed by atoms with van der Waals surface area (Å²) in [5.41, 5.74) is 6.75. The van der Waals surface area contributed by atoms with Crippen LogP contribution in [0.5, 0.6) is 0 Å². The lowest BCUT2D eigenvalue weighted by molar-refractivity contribution is -0.688. The molecule has 3 aromatic rings. The first-order valence-electron chi connectivity index (χ1n) is 10.8. The van der Waals surface area contributed by atoms with E-state index in [9.17, 15) is 19.5 Å². The van der Waals surface area contributed by atoms with Crippen molar-refractivity contribution in [1.82, 2.24) is 20.4 Å². The lowest BCUT2D eigenvalue weighted by Crippen LogP contribution is -2.71. The maximum Gasteiger partial charge on any atom is 0.276 e. The van der Waals surface area contributed by atoms with E-state index in [2.05, 4.69) is 20.6 Å². The van der Waals surface area contributed by atoms with Gasteiger partial charge in [0.05, 0.1) is 23.4 Å². The molecule has 13 nitrogen and oxygen atoms in total. The number of β-lactam (4-membered cyclic amide) rings is 1. The smallest absolute Gasteiger partial charge is 0.276 e. The average Bonchev–Trinajstić information content (AvgIpc) is 3.57. The molecule has 2 amide bonds. The van der Waals surface area contributed by atoms with Crippen molar-refractivity contribution in [2.45, 2.75) is 18.0 Å². The fourth-order valence-corrected chi connectivity index (χ4v) is 5.93. The second-order valence-corrected chi connectivity index (χ2v) is 9.93. The number of fused-ring (bicyclic) bond motifs is 1. The Morgan fingerprint density at radius 3 is 2.95 bits per heavy atom. The Morgan fingerprint density at radius 2 is 2.27 bits per heavy atom. The highest BCUT2D eigenvalue weighted by atomic mass is 32.2. The lowest BCUT2D eigenvalue weighted by atomic mass is 10.0. The van der Waals surface area contributed by atoms with Gasteiger partial charge in [0, 0.05) is 28.8 Å². The molecule has 37 heavy (non-hydrogen) atoms. The van der Waals surface area contributed by atoms with Crippen LogP contribution < -0.4 is 20.7 Å². The number of hydrogen-bond acceptors (Lipinski definition) is 12. The van der Waals surface area contributed by atoms with Crippen molar-refractivity contribution >= 4 is 51.7 Å². The summed E-state index contributed by atoms with van der Waals surface area (Å²) in [5.74, 6) is -1.86. The zero-order valence-electron chi connectivity index (χ0n) is 19.2. The maximum absolute atomic E-state index is 13.0. The Kier molecular flexibility index (Phi) is 6.62. The average molecular weight is 542 g/mol. The molecule has 15 heteroatoms. The molecule has 2 atom stereocenters. The lowest BCUT2D eigenvalue weighted by Gasteiger charge is -2.50. The monoisotopic (exact) mass is 541 g/mol. The summed E-state index contributed by atoms with van der Waals surface area (Å²) in [6.45, 7) is 0.210. The van der Waals surface area contributed by atoms with Gasteiger partial charge in [-0.15, -0.1) is 23.1 Å². The van der Waals surface area contributed by atoms with E-state index in [0.717, 1.165) is 21.8 Å². The summed E-state index contributed by atoms with van der Waals surface area (Å²) in [4.78, 5) is 47.9. The van der Waals surface area contributed by atoms with Gasteiger partial charge in [-0.1, -0.05) is 10.3 Å². The predicted molar refractivity (Wildman–Crippen MR) is 129 cm³/mol. The van der Waals surface area contributed by atoms with E-state index >= 15 is 0 Å². The number of nitrogens with one attached hydrogen (secondary N) is 1. The number of rotatable bonds is 8. The zero-order chi connectivity index (χ0) is 26.1. The standard InChI is InChI=1S/C22H19N7O6S2/c1-34-27-15(13-10-37-22(23)25-13)18(30)26-16-19(31)29-17(21(32)33)12(9-36-20(16)29)8-28-6-2-3-11(7-28)14-4-5-24-35-14/h2-7,10,16,20H,8-9H2,1H3,(H3-,23,25,26,30,32,33)/b27-15-/t16-,20-/m1/s1. The molecule has 3 aromatic heterocycles. The van der Waals surface area contributed by atoms with Gasteiger partial charge in [-0.05, 0) is 6.07 Å². The number of carbonyl (C=O) groups is 3. The van der Waals surface area contributed by atoms with Crippen LogP contribution in [0.4, 0.5) is 5.13 Å². The molecule has 0 radical (unpaired) electrons. The van der Waals surface area contributed by atoms with Crippen LogP contribution in [0.2, 0.25) is 0 Å². The van der Waals surface area contributed by atoms with Crippen molar-refractivity contribution < 1.29 is 33.4 Å². The number of carbonyl (C=O) groups excluding carboxylic acids is 3. The number of carboxylic acid groups (broad SMARTS) is 1. The van der Waals surface area contributed by atoms with Gasteiger partial charge < -0.3 is 30.3 Å². The maximum atomic E-state index is 13.0. The van der Waals surface area contributed by atoms with Crippen LogP contribution in [0, 0.1) is 0 Å². The Balaban J connectivity index is 1.35. The number of amides is 2. The van der Waals surface area contributed by atoms with Crippen LogP contribution in [-0.2, 0) is 25.8 Å². The molecule has 0 spiro atoms. The molecule has 2 aliphatic heterocycles. The van der Waals surface area contributed by atoms with Crippen molar-refractivity contribution in [3.8, 4) is 11.3 Å². The van der Waals surface area contributed by atoms with E-state index in [0.29, 0.717) is 17.1 Å². The Hall–Kier alpha value is -4.24. The first kappa shape index (κ1) is 24.5. The highest BCUT2D eigenvalue weighted by molar-refractivity contribution is 8.00. The van der Waals surface area contributed by atoms with Gasteiger partial charge in [-0.25, -0.2) is 9.55 Å². The van der Waals surface area contributed by atoms with Crippen LogP contribution >= 0.6 is 23.1 Å². The largest absolute Gasteiger partial charge is 0.543 e. The summed E-state index contributed by atoms with van der Waals surface area (Å²) in [7, 11) is 1.27. The molecule has 1 saturated heterocycles. The highest BCUT2D eigenvalue weighted by Gasteiger charge is 2.53. The minimum atomic E-state index is -1.47. The van der Waals surface area contributed by atoms with Crippen molar-refractivity contribution in [2.24, 2.45) is 5.16 Å². The molecule has 3 N–H and O–H groups in total. The summed E-state index contributed by atoms with van der Waals surface area (Å²) in [6, 6.07) is 4.38. The van der Waals surface area contributed by atoms with Gasteiger partial charge in [0.1, 0.15) is 24.2 Å². The third kappa shape index (κ3) is 4.65. The Morgan fingerprint density at radius 1 is 1.43 bits per heavy atom. The SMILES string of the molecule is CO/N=C(\C(=O)N[C@@H]1C(=O)N2C(C(=O)[O-])=C(C[n+]3cccc(-c4ccno4)c3)CS[C@H]12)c1csc(N)n1. The molecule has 0 aromatic carbocycles. The normalized spacial score (nSPS) is 19.3. The summed E-state index contributed by atoms with van der Waals surface area (Å²) in [5, 5.41) is 23.3. The zero-order valence-corrected chi connectivity index (χ0v) is 20.8. The number of nitrogens with two attached hydrogens (primary N) is 1. The van der Waals surface area contributed by atoms with Crippen LogP contribution in [0.25, 0.3) is 11.3 Å². The second kappa shape index (κ2) is 10.0. The number of thioether (sulfide) groups is 1. The van der Waals surface area contributed by atoms with Crippen LogP contribution in [0.1, 0.15) is 5.69 Å². The molecule has 190 valence electrons. The van der Waals surface area contributed by atoms with Crippen LogP contribution in [-0.4, -0.2) is 62.8 Å². The van der Waals surface area contributed by atoms with Gasteiger partial charge in [-0.2, -0.15) is 0 Å². The summed E-state index contributed by atoms with van der Waals surface area (Å²) in [6.07, 6.45) is 5.10. The number of aromatic nitrogens is 3. The number of pyridine rings is 1. The van der Waals surface area contributed by atoms with Crippen LogP contribution in [0.3, 0.4) is 0 Å². The molecular weight excluding hydrogens is 522 g/mol. The predicted octanol–water partition coefficient (Wildman–Crippen LogP) is -0.878. The third-order valence-electron chi connectivity index (χ3n) is 5.64. The highest BCUT2D eigenvalue weighted by Crippen LogP contribution is 2.40. The summed E-state index contributed by atoms with van der Waals surface area (Å²) < 4.78 is 6.97.